The number of primary amides is 1. The smallest absolute Gasteiger partial charge is 0.273 e. The Labute approximate surface area is 55.8 Å². The summed E-state index contributed by atoms with van der Waals surface area (Å²) in [6.07, 6.45) is 0. The van der Waals surface area contributed by atoms with Crippen molar-refractivity contribution in [2.24, 2.45) is 5.73 Å². The Kier molecular flexibility index (Phi) is 1.41. The fraction of sp³-hybridized carbons (Fsp3) is 0.200. The van der Waals surface area contributed by atoms with E-state index >= 15 is 0 Å². The lowest BCUT2D eigenvalue weighted by molar-refractivity contribution is 0.0988. The molecule has 0 aliphatic carbocycles. The van der Waals surface area contributed by atoms with Crippen LogP contribution in [0.3, 0.4) is 0 Å². The van der Waals surface area contributed by atoms with Gasteiger partial charge in [-0.15, -0.1) is 0 Å². The van der Waals surface area contributed by atoms with E-state index in [0.717, 1.165) is 0 Å². The van der Waals surface area contributed by atoms with E-state index in [-0.39, 0.29) is 5.76 Å². The maximum Gasteiger partial charge on any atom is 0.273 e. The Hall–Kier alpha value is -1.39. The van der Waals surface area contributed by atoms with Crippen molar-refractivity contribution in [2.75, 3.05) is 0 Å². The average molecular weight is 144 g/mol. The highest BCUT2D eigenvalue weighted by Gasteiger charge is 2.16. The van der Waals surface area contributed by atoms with E-state index in [9.17, 15) is 9.18 Å². The molecule has 0 aromatic carbocycles. The molecule has 0 spiro atoms. The largest absolute Gasteiger partial charge is 0.364 e. The maximum absolute atomic E-state index is 12.6. The van der Waals surface area contributed by atoms with Gasteiger partial charge in [-0.05, 0) is 6.92 Å². The van der Waals surface area contributed by atoms with Gasteiger partial charge in [-0.1, -0.05) is 5.16 Å². The molecule has 1 aromatic rings. The highest BCUT2D eigenvalue weighted by molar-refractivity contribution is 5.90. The molecule has 0 fully saturated rings. The van der Waals surface area contributed by atoms with E-state index in [0.29, 0.717) is 0 Å². The highest BCUT2D eigenvalue weighted by atomic mass is 19.1. The molecule has 0 saturated carbocycles. The minimum Gasteiger partial charge on any atom is -0.364 e. The molecule has 0 atom stereocenters. The topological polar surface area (TPSA) is 69.1 Å². The number of hydrogen-bond acceptors (Lipinski definition) is 3. The Balaban J connectivity index is 3.17. The summed E-state index contributed by atoms with van der Waals surface area (Å²) in [5.41, 5.74) is 4.28. The lowest BCUT2D eigenvalue weighted by Crippen LogP contribution is -2.12. The monoisotopic (exact) mass is 144 g/mol. The number of carbonyl (C=O) groups excluding carboxylic acids is 1. The third kappa shape index (κ3) is 0.854. The number of amides is 1. The van der Waals surface area contributed by atoms with Crippen molar-refractivity contribution in [3.63, 3.8) is 0 Å². The van der Waals surface area contributed by atoms with Crippen LogP contribution in [0, 0.1) is 12.7 Å². The molecule has 0 bridgehead atoms. The third-order valence-corrected chi connectivity index (χ3v) is 1.02. The van der Waals surface area contributed by atoms with Crippen LogP contribution >= 0.6 is 0 Å². The Morgan fingerprint density at radius 3 is 2.60 bits per heavy atom. The third-order valence-electron chi connectivity index (χ3n) is 1.02. The summed E-state index contributed by atoms with van der Waals surface area (Å²) in [4.78, 5) is 10.3. The first-order valence-electron chi connectivity index (χ1n) is 2.54. The summed E-state index contributed by atoms with van der Waals surface area (Å²) in [6, 6.07) is 0. The molecule has 1 aromatic heterocycles. The number of nitrogens with zero attached hydrogens (tertiary/aromatic N) is 1. The zero-order chi connectivity index (χ0) is 7.72. The number of nitrogens with two attached hydrogens (primary N) is 1. The standard InChI is InChI=1S/C5H5FN2O2/c1-2-3(6)4(5(7)9)8-10-2/h1H3,(H2,7,9). The van der Waals surface area contributed by atoms with Crippen LogP contribution in [-0.2, 0) is 0 Å². The number of halogens is 1. The van der Waals surface area contributed by atoms with Crippen LogP contribution < -0.4 is 5.73 Å². The van der Waals surface area contributed by atoms with E-state index in [4.69, 9.17) is 5.73 Å². The van der Waals surface area contributed by atoms with Gasteiger partial charge in [0, 0.05) is 0 Å². The molecule has 0 radical (unpaired) electrons. The number of hydrogen-bond donors (Lipinski definition) is 1. The minimum absolute atomic E-state index is 0.0335. The van der Waals surface area contributed by atoms with Crippen molar-refractivity contribution in [1.29, 1.82) is 0 Å². The summed E-state index contributed by atoms with van der Waals surface area (Å²) in [5.74, 6) is -1.74. The van der Waals surface area contributed by atoms with Crippen molar-refractivity contribution in [3.8, 4) is 0 Å². The van der Waals surface area contributed by atoms with Crippen molar-refractivity contribution in [1.82, 2.24) is 5.16 Å². The van der Waals surface area contributed by atoms with E-state index in [1.165, 1.54) is 6.92 Å². The van der Waals surface area contributed by atoms with Gasteiger partial charge in [0.2, 0.25) is 5.69 Å². The lowest BCUT2D eigenvalue weighted by atomic mass is 10.3. The summed E-state index contributed by atoms with van der Waals surface area (Å²) in [5, 5.41) is 3.09. The van der Waals surface area contributed by atoms with Gasteiger partial charge in [0.1, 0.15) is 0 Å². The molecule has 2 N–H and O–H groups in total. The van der Waals surface area contributed by atoms with Crippen LogP contribution in [-0.4, -0.2) is 11.1 Å². The van der Waals surface area contributed by atoms with Crippen LogP contribution in [0.15, 0.2) is 4.52 Å². The zero-order valence-electron chi connectivity index (χ0n) is 5.22. The molecule has 1 rings (SSSR count). The van der Waals surface area contributed by atoms with Gasteiger partial charge in [0.25, 0.3) is 5.91 Å². The molecule has 5 heteroatoms. The molecule has 10 heavy (non-hydrogen) atoms. The molecule has 54 valence electrons. The van der Waals surface area contributed by atoms with Gasteiger partial charge in [0.05, 0.1) is 0 Å². The Morgan fingerprint density at radius 1 is 1.80 bits per heavy atom. The Morgan fingerprint density at radius 2 is 2.40 bits per heavy atom. The predicted molar refractivity (Wildman–Crippen MR) is 29.7 cm³/mol. The number of carbonyl (C=O) groups is 1. The molecule has 0 saturated heterocycles. The van der Waals surface area contributed by atoms with Gasteiger partial charge in [-0.25, -0.2) is 4.39 Å². The van der Waals surface area contributed by atoms with Crippen LogP contribution in [0.4, 0.5) is 4.39 Å². The normalized spacial score (nSPS) is 9.80. The van der Waals surface area contributed by atoms with Crippen LogP contribution in [0.25, 0.3) is 0 Å². The lowest BCUT2D eigenvalue weighted by Gasteiger charge is -1.82. The fourth-order valence-electron chi connectivity index (χ4n) is 0.514. The first-order chi connectivity index (χ1) is 4.63. The van der Waals surface area contributed by atoms with Gasteiger partial charge in [-0.2, -0.15) is 0 Å². The van der Waals surface area contributed by atoms with Crippen LogP contribution in [0.2, 0.25) is 0 Å². The second-order valence-corrected chi connectivity index (χ2v) is 1.77. The van der Waals surface area contributed by atoms with Crippen molar-refractivity contribution in [3.05, 3.63) is 17.3 Å². The minimum atomic E-state index is -0.922. The zero-order valence-corrected chi connectivity index (χ0v) is 5.22. The van der Waals surface area contributed by atoms with Gasteiger partial charge in [-0.3, -0.25) is 4.79 Å². The molecule has 1 amide bonds. The number of aromatic nitrogens is 1. The maximum atomic E-state index is 12.6. The van der Waals surface area contributed by atoms with Crippen LogP contribution in [0.1, 0.15) is 16.2 Å². The molecular formula is C5H5FN2O2. The van der Waals surface area contributed by atoms with E-state index < -0.39 is 17.4 Å². The highest BCUT2D eigenvalue weighted by Crippen LogP contribution is 2.08. The molecule has 0 unspecified atom stereocenters. The predicted octanol–water partition coefficient (Wildman–Crippen LogP) is 0.221. The second kappa shape index (κ2) is 2.09. The molecule has 1 heterocycles. The second-order valence-electron chi connectivity index (χ2n) is 1.77. The van der Waals surface area contributed by atoms with E-state index in [2.05, 4.69) is 9.68 Å². The fourth-order valence-corrected chi connectivity index (χ4v) is 0.514. The first kappa shape index (κ1) is 6.73. The van der Waals surface area contributed by atoms with Crippen molar-refractivity contribution in [2.45, 2.75) is 6.92 Å². The van der Waals surface area contributed by atoms with Gasteiger partial charge >= 0.3 is 0 Å². The van der Waals surface area contributed by atoms with E-state index in [1.54, 1.807) is 0 Å². The van der Waals surface area contributed by atoms with Gasteiger partial charge < -0.3 is 10.3 Å². The number of rotatable bonds is 1. The molecular weight excluding hydrogens is 139 g/mol. The quantitative estimate of drug-likeness (QED) is 0.612. The SMILES string of the molecule is Cc1onc(C(N)=O)c1F. The summed E-state index contributed by atoms with van der Waals surface area (Å²) in [7, 11) is 0. The first-order valence-corrected chi connectivity index (χ1v) is 2.54. The summed E-state index contributed by atoms with van der Waals surface area (Å²) in [6.45, 7) is 1.36. The molecule has 0 aliphatic rings. The molecule has 4 nitrogen and oxygen atoms in total. The van der Waals surface area contributed by atoms with E-state index in [1.807, 2.05) is 0 Å². The number of aryl methyl sites for hydroxylation is 1. The van der Waals surface area contributed by atoms with Gasteiger partial charge in [0.15, 0.2) is 11.6 Å². The summed E-state index contributed by atoms with van der Waals surface area (Å²) >= 11 is 0. The average Bonchev–Trinajstić information content (AvgIpc) is 2.14. The van der Waals surface area contributed by atoms with Crippen molar-refractivity contribution < 1.29 is 13.7 Å². The molecule has 0 aliphatic heterocycles. The van der Waals surface area contributed by atoms with Crippen molar-refractivity contribution >= 4 is 5.91 Å². The Bertz CT molecular complexity index is 269. The summed E-state index contributed by atoms with van der Waals surface area (Å²) < 4.78 is 16.9. The van der Waals surface area contributed by atoms with Crippen LogP contribution in [0.5, 0.6) is 0 Å².